The van der Waals surface area contributed by atoms with Crippen LogP contribution in [0.25, 0.3) is 0 Å². The van der Waals surface area contributed by atoms with Crippen molar-refractivity contribution in [1.82, 2.24) is 10.2 Å². The molecule has 0 aromatic heterocycles. The highest BCUT2D eigenvalue weighted by Crippen LogP contribution is 2.28. The number of amides is 2. The first kappa shape index (κ1) is 24.6. The number of carbonyl (C=O) groups is 2. The smallest absolute Gasteiger partial charge is 0.243 e. The molecule has 1 N–H and O–H groups in total. The third-order valence-electron chi connectivity index (χ3n) is 4.38. The number of nitrogens with one attached hydrogen (secondary N) is 1. The highest BCUT2D eigenvalue weighted by molar-refractivity contribution is 8.00. The Morgan fingerprint density at radius 1 is 1.03 bits per heavy atom. The van der Waals surface area contributed by atoms with Crippen molar-refractivity contribution < 1.29 is 9.59 Å². The molecule has 0 spiro atoms. The van der Waals surface area contributed by atoms with Gasteiger partial charge in [0.1, 0.15) is 6.04 Å². The second-order valence-electron chi connectivity index (χ2n) is 7.99. The summed E-state index contributed by atoms with van der Waals surface area (Å²) in [4.78, 5) is 28.8. The molecule has 0 aliphatic heterocycles. The Morgan fingerprint density at radius 2 is 1.63 bits per heavy atom. The van der Waals surface area contributed by atoms with Crippen LogP contribution in [0.15, 0.2) is 53.4 Å². The Hall–Kier alpha value is -1.69. The van der Waals surface area contributed by atoms with Crippen molar-refractivity contribution in [2.24, 2.45) is 0 Å². The first-order valence-corrected chi connectivity index (χ1v) is 11.6. The lowest BCUT2D eigenvalue weighted by Crippen LogP contribution is -2.53. The summed E-state index contributed by atoms with van der Waals surface area (Å²) < 4.78 is 0. The van der Waals surface area contributed by atoms with Gasteiger partial charge in [-0.3, -0.25) is 9.59 Å². The van der Waals surface area contributed by atoms with Crippen molar-refractivity contribution in [2.45, 2.75) is 57.1 Å². The summed E-state index contributed by atoms with van der Waals surface area (Å²) in [5.41, 5.74) is 0.237. The molecule has 0 fully saturated rings. The Labute approximate surface area is 193 Å². The molecule has 0 aliphatic rings. The number of hydrogen-bond donors (Lipinski definition) is 1. The summed E-state index contributed by atoms with van der Waals surface area (Å²) >= 11 is 14.2. The van der Waals surface area contributed by atoms with Crippen molar-refractivity contribution >= 4 is 46.8 Å². The second-order valence-corrected chi connectivity index (χ2v) is 9.85. The van der Waals surface area contributed by atoms with Crippen LogP contribution in [0.3, 0.4) is 0 Å². The van der Waals surface area contributed by atoms with Gasteiger partial charge in [0.15, 0.2) is 0 Å². The summed E-state index contributed by atoms with van der Waals surface area (Å²) in [6.45, 7) is 7.81. The molecule has 0 bridgehead atoms. The molecule has 0 aliphatic carbocycles. The van der Waals surface area contributed by atoms with E-state index in [9.17, 15) is 9.59 Å². The molecule has 1 unspecified atom stereocenters. The van der Waals surface area contributed by atoms with E-state index < -0.39 is 11.6 Å². The van der Waals surface area contributed by atoms with Crippen LogP contribution >= 0.6 is 35.0 Å². The topological polar surface area (TPSA) is 49.4 Å². The van der Waals surface area contributed by atoms with Gasteiger partial charge in [-0.1, -0.05) is 54.4 Å². The Morgan fingerprint density at radius 3 is 2.17 bits per heavy atom. The molecule has 0 saturated heterocycles. The van der Waals surface area contributed by atoms with Gasteiger partial charge >= 0.3 is 0 Å². The van der Waals surface area contributed by atoms with E-state index in [0.717, 1.165) is 4.90 Å². The molecule has 4 nitrogen and oxygen atoms in total. The summed E-state index contributed by atoms with van der Waals surface area (Å²) in [5, 5.41) is 3.94. The molecule has 2 aromatic carbocycles. The summed E-state index contributed by atoms with van der Waals surface area (Å²) in [5.74, 6) is -0.118. The zero-order valence-corrected chi connectivity index (χ0v) is 20.1. The number of carbonyl (C=O) groups excluding carboxylic acids is 2. The van der Waals surface area contributed by atoms with E-state index in [4.69, 9.17) is 23.2 Å². The molecule has 2 aromatic rings. The van der Waals surface area contributed by atoms with Gasteiger partial charge < -0.3 is 10.2 Å². The zero-order chi connectivity index (χ0) is 22.3. The van der Waals surface area contributed by atoms with Crippen LogP contribution in [-0.4, -0.2) is 34.0 Å². The van der Waals surface area contributed by atoms with Crippen molar-refractivity contribution in [3.63, 3.8) is 0 Å². The van der Waals surface area contributed by atoms with Crippen LogP contribution < -0.4 is 5.32 Å². The first-order chi connectivity index (χ1) is 14.1. The van der Waals surface area contributed by atoms with E-state index in [0.29, 0.717) is 22.0 Å². The maximum absolute atomic E-state index is 13.3. The van der Waals surface area contributed by atoms with E-state index in [1.54, 1.807) is 23.1 Å². The van der Waals surface area contributed by atoms with E-state index in [2.05, 4.69) is 5.32 Å². The van der Waals surface area contributed by atoms with Gasteiger partial charge in [-0.05, 0) is 51.5 Å². The maximum Gasteiger partial charge on any atom is 0.243 e. The fraction of sp³-hybridized carbons (Fsp3) is 0.391. The quantitative estimate of drug-likeness (QED) is 0.499. The Balaban J connectivity index is 2.30. The summed E-state index contributed by atoms with van der Waals surface area (Å²) in [6, 6.07) is 14.3. The molecular weight excluding hydrogens is 439 g/mol. The van der Waals surface area contributed by atoms with Crippen LogP contribution in [0.2, 0.25) is 10.0 Å². The molecule has 2 amide bonds. The van der Waals surface area contributed by atoms with Gasteiger partial charge in [0.25, 0.3) is 0 Å². The van der Waals surface area contributed by atoms with Gasteiger partial charge in [-0.25, -0.2) is 0 Å². The van der Waals surface area contributed by atoms with Crippen molar-refractivity contribution in [3.8, 4) is 0 Å². The van der Waals surface area contributed by atoms with E-state index in [1.807, 2.05) is 58.0 Å². The Bertz CT molecular complexity index is 849. The van der Waals surface area contributed by atoms with Crippen molar-refractivity contribution in [2.75, 3.05) is 5.75 Å². The zero-order valence-electron chi connectivity index (χ0n) is 17.7. The molecular formula is C23H28Cl2N2O2S. The highest BCUT2D eigenvalue weighted by Gasteiger charge is 2.31. The lowest BCUT2D eigenvalue weighted by Gasteiger charge is -2.33. The van der Waals surface area contributed by atoms with E-state index in [-0.39, 0.29) is 24.1 Å². The number of thioether (sulfide) groups is 1. The minimum atomic E-state index is -0.625. The summed E-state index contributed by atoms with van der Waals surface area (Å²) in [7, 11) is 0. The van der Waals surface area contributed by atoms with Crippen LogP contribution in [-0.2, 0) is 16.1 Å². The van der Waals surface area contributed by atoms with Crippen LogP contribution in [0.1, 0.15) is 39.7 Å². The van der Waals surface area contributed by atoms with E-state index >= 15 is 0 Å². The molecule has 0 radical (unpaired) electrons. The number of hydrogen-bond acceptors (Lipinski definition) is 3. The van der Waals surface area contributed by atoms with Crippen LogP contribution in [0, 0.1) is 0 Å². The standard InChI is InChI=1S/C23H28Cl2N2O2S/c1-5-20(22(29)26-23(2,3)4)27(14-17-18(24)12-9-13-19(17)25)21(28)15-30-16-10-7-6-8-11-16/h6-13,20H,5,14-15H2,1-4H3,(H,26,29). The van der Waals surface area contributed by atoms with Crippen LogP contribution in [0.5, 0.6) is 0 Å². The molecule has 162 valence electrons. The summed E-state index contributed by atoms with van der Waals surface area (Å²) in [6.07, 6.45) is 0.478. The molecule has 30 heavy (non-hydrogen) atoms. The monoisotopic (exact) mass is 466 g/mol. The van der Waals surface area contributed by atoms with Gasteiger partial charge in [-0.15, -0.1) is 11.8 Å². The lowest BCUT2D eigenvalue weighted by atomic mass is 10.1. The Kier molecular flexibility index (Phi) is 9.08. The van der Waals surface area contributed by atoms with E-state index in [1.165, 1.54) is 11.8 Å². The van der Waals surface area contributed by atoms with Crippen molar-refractivity contribution in [3.05, 3.63) is 64.1 Å². The fourth-order valence-electron chi connectivity index (χ4n) is 2.97. The lowest BCUT2D eigenvalue weighted by molar-refractivity contribution is -0.140. The van der Waals surface area contributed by atoms with Crippen LogP contribution in [0.4, 0.5) is 0 Å². The van der Waals surface area contributed by atoms with Gasteiger partial charge in [-0.2, -0.15) is 0 Å². The maximum atomic E-state index is 13.3. The predicted octanol–water partition coefficient (Wildman–Crippen LogP) is 5.81. The minimum absolute atomic E-state index is 0.143. The average molecular weight is 467 g/mol. The fourth-order valence-corrected chi connectivity index (χ4v) is 4.29. The molecule has 7 heteroatoms. The largest absolute Gasteiger partial charge is 0.350 e. The molecule has 0 saturated carbocycles. The molecule has 2 rings (SSSR count). The van der Waals surface area contributed by atoms with Gasteiger partial charge in [0.05, 0.1) is 5.75 Å². The second kappa shape index (κ2) is 11.1. The normalized spacial score (nSPS) is 12.3. The SMILES string of the molecule is CCC(C(=O)NC(C)(C)C)N(Cc1c(Cl)cccc1Cl)C(=O)CSc1ccccc1. The number of rotatable bonds is 8. The molecule has 1 atom stereocenters. The first-order valence-electron chi connectivity index (χ1n) is 9.84. The number of nitrogens with zero attached hydrogens (tertiary/aromatic N) is 1. The van der Waals surface area contributed by atoms with Crippen molar-refractivity contribution in [1.29, 1.82) is 0 Å². The van der Waals surface area contributed by atoms with Gasteiger partial charge in [0.2, 0.25) is 11.8 Å². The molecule has 0 heterocycles. The number of halogens is 2. The highest BCUT2D eigenvalue weighted by atomic mass is 35.5. The number of benzene rings is 2. The van der Waals surface area contributed by atoms with Gasteiger partial charge in [0, 0.05) is 32.6 Å². The predicted molar refractivity (Wildman–Crippen MR) is 126 cm³/mol. The third-order valence-corrected chi connectivity index (χ3v) is 6.08. The average Bonchev–Trinajstić information content (AvgIpc) is 2.67. The third kappa shape index (κ3) is 7.22. The minimum Gasteiger partial charge on any atom is -0.350 e.